The van der Waals surface area contributed by atoms with Gasteiger partial charge >= 0.3 is 5.97 Å². The number of carbonyl (C=O) groups is 1. The normalized spacial score (nSPS) is 33.1. The van der Waals surface area contributed by atoms with Crippen molar-refractivity contribution >= 4 is 11.7 Å². The third-order valence-electron chi connectivity index (χ3n) is 6.35. The number of nitrogen functional groups attached to an aromatic ring is 1. The SMILES string of the molecule is CC1(C)[C@@H]2CC[C@@]1(C)C[C@@H]2COC(=O)c1ccc(N)cc1. The van der Waals surface area contributed by atoms with Gasteiger partial charge in [0.05, 0.1) is 12.2 Å². The Balaban J connectivity index is 1.62. The van der Waals surface area contributed by atoms with E-state index >= 15 is 0 Å². The maximum Gasteiger partial charge on any atom is 0.338 e. The average Bonchev–Trinajstić information content (AvgIpc) is 2.78. The summed E-state index contributed by atoms with van der Waals surface area (Å²) in [5.74, 6) is 0.957. The summed E-state index contributed by atoms with van der Waals surface area (Å²) < 4.78 is 5.56. The molecule has 3 heteroatoms. The van der Waals surface area contributed by atoms with E-state index in [0.29, 0.717) is 40.5 Å². The standard InChI is InChI=1S/C18H25NO2/c1-17(2)15-8-9-18(17,3)10-13(15)11-21-16(20)12-4-6-14(19)7-5-12/h4-7,13,15H,8-11,19H2,1-3H3/t13-,15-,18+/m1/s1. The van der Waals surface area contributed by atoms with Gasteiger partial charge in [0, 0.05) is 5.69 Å². The summed E-state index contributed by atoms with van der Waals surface area (Å²) in [6, 6.07) is 6.92. The minimum absolute atomic E-state index is 0.235. The predicted octanol–water partition coefficient (Wildman–Crippen LogP) is 3.89. The molecule has 3 atom stereocenters. The van der Waals surface area contributed by atoms with Gasteiger partial charge in [0.1, 0.15) is 0 Å². The number of esters is 1. The van der Waals surface area contributed by atoms with Crippen molar-refractivity contribution in [2.75, 3.05) is 12.3 Å². The smallest absolute Gasteiger partial charge is 0.338 e. The zero-order valence-electron chi connectivity index (χ0n) is 13.2. The molecule has 0 unspecified atom stereocenters. The molecule has 2 aliphatic carbocycles. The fourth-order valence-corrected chi connectivity index (χ4v) is 4.58. The van der Waals surface area contributed by atoms with Gasteiger partial charge in [0.25, 0.3) is 0 Å². The number of ether oxygens (including phenoxy) is 1. The molecule has 3 nitrogen and oxygen atoms in total. The highest BCUT2D eigenvalue weighted by Gasteiger charge is 2.60. The van der Waals surface area contributed by atoms with E-state index in [1.54, 1.807) is 24.3 Å². The number of rotatable bonds is 3. The molecule has 0 spiro atoms. The highest BCUT2D eigenvalue weighted by Crippen LogP contribution is 2.67. The van der Waals surface area contributed by atoms with Crippen molar-refractivity contribution < 1.29 is 9.53 Å². The predicted molar refractivity (Wildman–Crippen MR) is 83.9 cm³/mol. The number of fused-ring (bicyclic) bond motifs is 2. The fourth-order valence-electron chi connectivity index (χ4n) is 4.58. The van der Waals surface area contributed by atoms with Crippen LogP contribution in [0, 0.1) is 22.7 Å². The van der Waals surface area contributed by atoms with E-state index in [9.17, 15) is 4.79 Å². The largest absolute Gasteiger partial charge is 0.462 e. The van der Waals surface area contributed by atoms with Crippen molar-refractivity contribution in [1.29, 1.82) is 0 Å². The van der Waals surface area contributed by atoms with Gasteiger partial charge in [-0.2, -0.15) is 0 Å². The second-order valence-electron chi connectivity index (χ2n) is 7.61. The first-order chi connectivity index (χ1) is 9.83. The minimum Gasteiger partial charge on any atom is -0.462 e. The number of nitrogens with two attached hydrogens (primary N) is 1. The van der Waals surface area contributed by atoms with E-state index in [-0.39, 0.29) is 5.97 Å². The number of hydrogen-bond donors (Lipinski definition) is 1. The summed E-state index contributed by atoms with van der Waals surface area (Å²) in [7, 11) is 0. The molecule has 2 saturated carbocycles. The van der Waals surface area contributed by atoms with Crippen LogP contribution in [0.1, 0.15) is 50.4 Å². The van der Waals surface area contributed by atoms with Crippen molar-refractivity contribution in [3.63, 3.8) is 0 Å². The van der Waals surface area contributed by atoms with Crippen LogP contribution >= 0.6 is 0 Å². The van der Waals surface area contributed by atoms with Crippen LogP contribution in [0.4, 0.5) is 5.69 Å². The van der Waals surface area contributed by atoms with E-state index in [2.05, 4.69) is 20.8 Å². The molecule has 114 valence electrons. The maximum atomic E-state index is 12.1. The lowest BCUT2D eigenvalue weighted by atomic mass is 9.71. The summed E-state index contributed by atoms with van der Waals surface area (Å²) in [5.41, 5.74) is 7.66. The molecule has 2 aliphatic rings. The first-order valence-electron chi connectivity index (χ1n) is 7.86. The monoisotopic (exact) mass is 287 g/mol. The molecular weight excluding hydrogens is 262 g/mol. The van der Waals surface area contributed by atoms with Crippen LogP contribution in [0.3, 0.4) is 0 Å². The van der Waals surface area contributed by atoms with Gasteiger partial charge in [-0.1, -0.05) is 20.8 Å². The number of benzene rings is 1. The van der Waals surface area contributed by atoms with Gasteiger partial charge in [-0.05, 0) is 66.2 Å². The average molecular weight is 287 g/mol. The Morgan fingerprint density at radius 3 is 2.48 bits per heavy atom. The molecule has 0 aliphatic heterocycles. The van der Waals surface area contributed by atoms with Crippen molar-refractivity contribution in [2.45, 2.75) is 40.0 Å². The van der Waals surface area contributed by atoms with Gasteiger partial charge in [-0.15, -0.1) is 0 Å². The van der Waals surface area contributed by atoms with Crippen LogP contribution in [-0.4, -0.2) is 12.6 Å². The summed E-state index contributed by atoms with van der Waals surface area (Å²) in [6.07, 6.45) is 3.76. The molecule has 0 radical (unpaired) electrons. The highest BCUT2D eigenvalue weighted by atomic mass is 16.5. The van der Waals surface area contributed by atoms with E-state index in [1.807, 2.05) is 0 Å². The highest BCUT2D eigenvalue weighted by molar-refractivity contribution is 5.89. The molecule has 0 saturated heterocycles. The molecule has 1 aromatic carbocycles. The van der Waals surface area contributed by atoms with Crippen LogP contribution < -0.4 is 5.73 Å². The summed E-state index contributed by atoms with van der Waals surface area (Å²) in [5, 5.41) is 0. The molecule has 0 aromatic heterocycles. The number of anilines is 1. The molecule has 2 fully saturated rings. The molecule has 2 N–H and O–H groups in total. The Morgan fingerprint density at radius 2 is 1.95 bits per heavy atom. The van der Waals surface area contributed by atoms with E-state index in [4.69, 9.17) is 10.5 Å². The minimum atomic E-state index is -0.235. The zero-order valence-corrected chi connectivity index (χ0v) is 13.2. The van der Waals surface area contributed by atoms with Gasteiger partial charge in [-0.25, -0.2) is 4.79 Å². The van der Waals surface area contributed by atoms with Crippen LogP contribution in [0.15, 0.2) is 24.3 Å². The third-order valence-corrected chi connectivity index (χ3v) is 6.35. The Bertz CT molecular complexity index is 546. The van der Waals surface area contributed by atoms with Crippen molar-refractivity contribution in [3.05, 3.63) is 29.8 Å². The fraction of sp³-hybridized carbons (Fsp3) is 0.611. The van der Waals surface area contributed by atoms with Crippen LogP contribution in [0.2, 0.25) is 0 Å². The number of hydrogen-bond acceptors (Lipinski definition) is 3. The molecule has 0 heterocycles. The maximum absolute atomic E-state index is 12.1. The van der Waals surface area contributed by atoms with Gasteiger partial charge in [-0.3, -0.25) is 0 Å². The Kier molecular flexibility index (Phi) is 3.27. The quantitative estimate of drug-likeness (QED) is 0.678. The Morgan fingerprint density at radius 1 is 1.29 bits per heavy atom. The van der Waals surface area contributed by atoms with Crippen LogP contribution in [0.5, 0.6) is 0 Å². The van der Waals surface area contributed by atoms with E-state index < -0.39 is 0 Å². The van der Waals surface area contributed by atoms with Crippen molar-refractivity contribution in [1.82, 2.24) is 0 Å². The van der Waals surface area contributed by atoms with Crippen LogP contribution in [0.25, 0.3) is 0 Å². The van der Waals surface area contributed by atoms with Crippen molar-refractivity contribution in [2.24, 2.45) is 22.7 Å². The lowest BCUT2D eigenvalue weighted by Gasteiger charge is -2.34. The van der Waals surface area contributed by atoms with Gasteiger partial charge in [0.2, 0.25) is 0 Å². The lowest BCUT2D eigenvalue weighted by Crippen LogP contribution is -2.26. The third kappa shape index (κ3) is 2.23. The Hall–Kier alpha value is -1.51. The van der Waals surface area contributed by atoms with Gasteiger partial charge in [0.15, 0.2) is 0 Å². The van der Waals surface area contributed by atoms with Crippen molar-refractivity contribution in [3.8, 4) is 0 Å². The Labute approximate surface area is 126 Å². The zero-order chi connectivity index (χ0) is 15.3. The molecule has 21 heavy (non-hydrogen) atoms. The molecule has 1 aromatic rings. The number of carbonyl (C=O) groups excluding carboxylic acids is 1. The first-order valence-corrected chi connectivity index (χ1v) is 7.86. The summed E-state index contributed by atoms with van der Waals surface area (Å²) >= 11 is 0. The molecule has 0 amide bonds. The molecular formula is C18H25NO2. The topological polar surface area (TPSA) is 52.3 Å². The molecule has 2 bridgehead atoms. The van der Waals surface area contributed by atoms with E-state index in [0.717, 1.165) is 0 Å². The van der Waals surface area contributed by atoms with Gasteiger partial charge < -0.3 is 10.5 Å². The van der Waals surface area contributed by atoms with Crippen LogP contribution in [-0.2, 0) is 4.74 Å². The first kappa shape index (κ1) is 14.4. The second kappa shape index (κ2) is 4.75. The molecule has 3 rings (SSSR count). The van der Waals surface area contributed by atoms with E-state index in [1.165, 1.54) is 19.3 Å². The lowest BCUT2D eigenvalue weighted by molar-refractivity contribution is 0.0374. The summed E-state index contributed by atoms with van der Waals surface area (Å²) in [6.45, 7) is 7.71. The second-order valence-corrected chi connectivity index (χ2v) is 7.61. The summed E-state index contributed by atoms with van der Waals surface area (Å²) in [4.78, 5) is 12.1.